The number of piperidine rings is 1. The van der Waals surface area contributed by atoms with Crippen molar-refractivity contribution in [2.24, 2.45) is 0 Å². The molecule has 6 heteroatoms. The Morgan fingerprint density at radius 2 is 1.86 bits per heavy atom. The lowest BCUT2D eigenvalue weighted by Gasteiger charge is -2.26. The summed E-state index contributed by atoms with van der Waals surface area (Å²) in [5.41, 5.74) is 9.02. The van der Waals surface area contributed by atoms with E-state index in [1.54, 1.807) is 16.9 Å². The Balaban J connectivity index is 1.39. The van der Waals surface area contributed by atoms with Gasteiger partial charge in [0.05, 0.1) is 12.0 Å². The van der Waals surface area contributed by atoms with Gasteiger partial charge in [-0.3, -0.25) is 9.36 Å². The number of aromatic nitrogens is 2. The van der Waals surface area contributed by atoms with Crippen molar-refractivity contribution in [3.05, 3.63) is 70.3 Å². The van der Waals surface area contributed by atoms with Crippen LogP contribution in [0.25, 0.3) is 11.3 Å². The molecule has 2 N–H and O–H groups in total. The van der Waals surface area contributed by atoms with Crippen LogP contribution >= 0.6 is 0 Å². The Morgan fingerprint density at radius 3 is 2.62 bits per heavy atom. The predicted molar refractivity (Wildman–Crippen MR) is 115 cm³/mol. The lowest BCUT2D eigenvalue weighted by atomic mass is 10.0. The summed E-state index contributed by atoms with van der Waals surface area (Å²) >= 11 is 0. The van der Waals surface area contributed by atoms with Crippen molar-refractivity contribution >= 4 is 5.95 Å². The highest BCUT2D eigenvalue weighted by molar-refractivity contribution is 5.58. The van der Waals surface area contributed by atoms with Crippen LogP contribution < -0.4 is 11.3 Å². The fourth-order valence-electron chi connectivity index (χ4n) is 3.95. The van der Waals surface area contributed by atoms with Gasteiger partial charge in [0.1, 0.15) is 5.76 Å². The fourth-order valence-corrected chi connectivity index (χ4v) is 3.95. The lowest BCUT2D eigenvalue weighted by Crippen LogP contribution is -2.35. The van der Waals surface area contributed by atoms with Crippen molar-refractivity contribution in [3.8, 4) is 11.3 Å². The minimum absolute atomic E-state index is 0.0613. The van der Waals surface area contributed by atoms with Gasteiger partial charge in [0.15, 0.2) is 0 Å². The van der Waals surface area contributed by atoms with Crippen molar-refractivity contribution < 1.29 is 4.42 Å². The number of likely N-dealkylation sites (tertiary alicyclic amines) is 1. The Labute approximate surface area is 171 Å². The molecule has 0 saturated carbocycles. The van der Waals surface area contributed by atoms with Crippen molar-refractivity contribution in [2.45, 2.75) is 38.6 Å². The third-order valence-corrected chi connectivity index (χ3v) is 5.58. The lowest BCUT2D eigenvalue weighted by molar-refractivity contribution is 0.220. The van der Waals surface area contributed by atoms with Gasteiger partial charge < -0.3 is 15.1 Å². The molecule has 1 aromatic carbocycles. The molecule has 6 nitrogen and oxygen atoms in total. The highest BCUT2D eigenvalue weighted by Crippen LogP contribution is 2.21. The quantitative estimate of drug-likeness (QED) is 0.667. The van der Waals surface area contributed by atoms with Gasteiger partial charge >= 0.3 is 0 Å². The van der Waals surface area contributed by atoms with E-state index in [9.17, 15) is 4.79 Å². The summed E-state index contributed by atoms with van der Waals surface area (Å²) in [6.07, 6.45) is 6.92. The smallest absolute Gasteiger partial charge is 0.255 e. The first kappa shape index (κ1) is 19.5. The van der Waals surface area contributed by atoms with E-state index < -0.39 is 0 Å². The average Bonchev–Trinajstić information content (AvgIpc) is 3.28. The zero-order valence-corrected chi connectivity index (χ0v) is 16.7. The first-order valence-electron chi connectivity index (χ1n) is 10.4. The predicted octanol–water partition coefficient (Wildman–Crippen LogP) is 3.36. The van der Waals surface area contributed by atoms with Crippen molar-refractivity contribution in [2.75, 3.05) is 25.4 Å². The second-order valence-electron chi connectivity index (χ2n) is 7.68. The van der Waals surface area contributed by atoms with Crippen LogP contribution in [0.4, 0.5) is 5.95 Å². The number of benzene rings is 1. The van der Waals surface area contributed by atoms with Crippen LogP contribution in [0.15, 0.2) is 57.9 Å². The molecule has 0 radical (unpaired) electrons. The van der Waals surface area contributed by atoms with Gasteiger partial charge in [-0.1, -0.05) is 24.6 Å². The number of nitrogens with zero attached hydrogens (tertiary/aromatic N) is 3. The molecule has 3 heterocycles. The number of nitrogen functional groups attached to an aromatic ring is 1. The van der Waals surface area contributed by atoms with E-state index in [4.69, 9.17) is 10.2 Å². The summed E-state index contributed by atoms with van der Waals surface area (Å²) in [5, 5.41) is 0. The third-order valence-electron chi connectivity index (χ3n) is 5.58. The minimum Gasteiger partial charge on any atom is -0.464 e. The SMILES string of the molecule is Nc1nc(CCc2cccc(-c3ccco3)c2)cc(=O)n1CCN1CCCCC1. The van der Waals surface area contributed by atoms with Crippen LogP contribution in [0.3, 0.4) is 0 Å². The largest absolute Gasteiger partial charge is 0.464 e. The van der Waals surface area contributed by atoms with E-state index in [0.717, 1.165) is 43.1 Å². The maximum absolute atomic E-state index is 12.6. The number of anilines is 1. The molecule has 1 saturated heterocycles. The highest BCUT2D eigenvalue weighted by atomic mass is 16.3. The molecule has 1 aliphatic heterocycles. The molecule has 2 aromatic heterocycles. The minimum atomic E-state index is -0.0613. The van der Waals surface area contributed by atoms with Gasteiger partial charge in [0.25, 0.3) is 5.56 Å². The van der Waals surface area contributed by atoms with Crippen LogP contribution in [-0.4, -0.2) is 34.1 Å². The van der Waals surface area contributed by atoms with Gasteiger partial charge in [-0.25, -0.2) is 4.98 Å². The van der Waals surface area contributed by atoms with Gasteiger partial charge in [0.2, 0.25) is 5.95 Å². The van der Waals surface area contributed by atoms with E-state index in [0.29, 0.717) is 18.9 Å². The third kappa shape index (κ3) is 4.95. The summed E-state index contributed by atoms with van der Waals surface area (Å²) < 4.78 is 7.07. The zero-order valence-electron chi connectivity index (χ0n) is 16.7. The number of hydrogen-bond donors (Lipinski definition) is 1. The van der Waals surface area contributed by atoms with E-state index in [-0.39, 0.29) is 5.56 Å². The van der Waals surface area contributed by atoms with Crippen LogP contribution in [0.5, 0.6) is 0 Å². The number of aryl methyl sites for hydroxylation is 2. The van der Waals surface area contributed by atoms with Gasteiger partial charge in [0, 0.05) is 24.7 Å². The Morgan fingerprint density at radius 1 is 1.00 bits per heavy atom. The number of furan rings is 1. The molecule has 1 aliphatic rings. The van der Waals surface area contributed by atoms with E-state index in [2.05, 4.69) is 22.0 Å². The van der Waals surface area contributed by atoms with Crippen LogP contribution in [-0.2, 0) is 19.4 Å². The molecule has 0 unspecified atom stereocenters. The summed E-state index contributed by atoms with van der Waals surface area (Å²) in [7, 11) is 0. The first-order chi connectivity index (χ1) is 14.2. The summed E-state index contributed by atoms with van der Waals surface area (Å²) in [4.78, 5) is 19.5. The molecule has 4 rings (SSSR count). The maximum Gasteiger partial charge on any atom is 0.255 e. The maximum atomic E-state index is 12.6. The standard InChI is InChI=1S/C23H28N4O2/c24-23-25-20(17-22(28)27(23)14-13-26-11-2-1-3-12-26)10-9-18-6-4-7-19(16-18)21-8-5-15-29-21/h4-8,15-17H,1-3,9-14H2,(H2,24,25). The molecule has 0 aliphatic carbocycles. The molecule has 0 amide bonds. The van der Waals surface area contributed by atoms with Crippen molar-refractivity contribution in [1.82, 2.24) is 14.5 Å². The second kappa shape index (κ2) is 9.09. The summed E-state index contributed by atoms with van der Waals surface area (Å²) in [5.74, 6) is 1.17. The van der Waals surface area contributed by atoms with E-state index in [1.807, 2.05) is 24.3 Å². The number of rotatable bonds is 7. The Hall–Kier alpha value is -2.86. The number of nitrogens with two attached hydrogens (primary N) is 1. The van der Waals surface area contributed by atoms with Crippen molar-refractivity contribution in [1.29, 1.82) is 0 Å². The Kier molecular flexibility index (Phi) is 6.10. The second-order valence-corrected chi connectivity index (χ2v) is 7.68. The van der Waals surface area contributed by atoms with E-state index in [1.165, 1.54) is 24.8 Å². The molecular weight excluding hydrogens is 364 g/mol. The molecule has 0 bridgehead atoms. The van der Waals surface area contributed by atoms with Crippen LogP contribution in [0.1, 0.15) is 30.5 Å². The molecule has 3 aromatic rings. The number of hydrogen-bond acceptors (Lipinski definition) is 5. The monoisotopic (exact) mass is 392 g/mol. The molecule has 152 valence electrons. The normalized spacial score (nSPS) is 14.9. The zero-order chi connectivity index (χ0) is 20.1. The molecule has 29 heavy (non-hydrogen) atoms. The van der Waals surface area contributed by atoms with Crippen molar-refractivity contribution in [3.63, 3.8) is 0 Å². The molecule has 1 fully saturated rings. The van der Waals surface area contributed by atoms with Gasteiger partial charge in [-0.15, -0.1) is 0 Å². The van der Waals surface area contributed by atoms with Gasteiger partial charge in [-0.05, 0) is 62.5 Å². The molecular formula is C23H28N4O2. The van der Waals surface area contributed by atoms with Gasteiger partial charge in [-0.2, -0.15) is 0 Å². The Bertz CT molecular complexity index is 988. The van der Waals surface area contributed by atoms with E-state index >= 15 is 0 Å². The topological polar surface area (TPSA) is 77.3 Å². The average molecular weight is 393 g/mol. The molecule has 0 spiro atoms. The van der Waals surface area contributed by atoms with Crippen LogP contribution in [0, 0.1) is 0 Å². The molecule has 0 atom stereocenters. The highest BCUT2D eigenvalue weighted by Gasteiger charge is 2.12. The first-order valence-corrected chi connectivity index (χ1v) is 10.4. The summed E-state index contributed by atoms with van der Waals surface area (Å²) in [6.45, 7) is 3.67. The summed E-state index contributed by atoms with van der Waals surface area (Å²) in [6, 6.07) is 13.7. The van der Waals surface area contributed by atoms with Crippen LogP contribution in [0.2, 0.25) is 0 Å². The fraction of sp³-hybridized carbons (Fsp3) is 0.391.